The highest BCUT2D eigenvalue weighted by Gasteiger charge is 2.30. The second-order valence-corrected chi connectivity index (χ2v) is 12.3. The van der Waals surface area contributed by atoms with Gasteiger partial charge in [0.2, 0.25) is 0 Å². The van der Waals surface area contributed by atoms with Crippen molar-refractivity contribution in [3.63, 3.8) is 0 Å². The lowest BCUT2D eigenvalue weighted by Crippen LogP contribution is -2.31. The smallest absolute Gasteiger partial charge is 0.343 e. The maximum absolute atomic E-state index is 13.7. The SMILES string of the molecule is Cc1ccc(S(=O)(=O)Oc2c(C)c(=O)oc3c(Br)c(C)n(S(=O)(=O)c4ccc(C)cc4)c(=O)c23)cc1. The summed E-state index contributed by atoms with van der Waals surface area (Å²) in [7, 11) is -8.92. The van der Waals surface area contributed by atoms with Crippen LogP contribution < -0.4 is 15.4 Å². The quantitative estimate of drug-likeness (QED) is 0.318. The molecule has 9 nitrogen and oxygen atoms in total. The molecule has 0 saturated heterocycles. The van der Waals surface area contributed by atoms with Gasteiger partial charge in [-0.25, -0.2) is 17.2 Å². The van der Waals surface area contributed by atoms with Crippen molar-refractivity contribution in [2.45, 2.75) is 37.5 Å². The van der Waals surface area contributed by atoms with Crippen molar-refractivity contribution in [1.82, 2.24) is 3.97 Å². The fraction of sp³-hybridized carbons (Fsp3) is 0.167. The van der Waals surface area contributed by atoms with Gasteiger partial charge in [0.05, 0.1) is 20.6 Å². The third-order valence-electron chi connectivity index (χ3n) is 5.58. The van der Waals surface area contributed by atoms with E-state index in [0.29, 0.717) is 3.97 Å². The highest BCUT2D eigenvalue weighted by atomic mass is 79.9. The molecule has 0 fully saturated rings. The molecule has 2 aromatic carbocycles. The first-order chi connectivity index (χ1) is 16.8. The monoisotopic (exact) mass is 593 g/mol. The first kappa shape index (κ1) is 25.9. The predicted molar refractivity (Wildman–Crippen MR) is 137 cm³/mol. The van der Waals surface area contributed by atoms with E-state index in [4.69, 9.17) is 8.60 Å². The van der Waals surface area contributed by atoms with Crippen molar-refractivity contribution in [1.29, 1.82) is 0 Å². The Hall–Kier alpha value is -3.22. The molecule has 0 radical (unpaired) electrons. The average Bonchev–Trinajstić information content (AvgIpc) is 2.80. The number of hydrogen-bond donors (Lipinski definition) is 0. The molecule has 36 heavy (non-hydrogen) atoms. The molecule has 4 rings (SSSR count). The first-order valence-electron chi connectivity index (χ1n) is 10.5. The van der Waals surface area contributed by atoms with E-state index in [1.165, 1.54) is 38.1 Å². The van der Waals surface area contributed by atoms with Crippen LogP contribution in [0.5, 0.6) is 5.75 Å². The number of rotatable bonds is 5. The van der Waals surface area contributed by atoms with Crippen molar-refractivity contribution in [2.24, 2.45) is 0 Å². The highest BCUT2D eigenvalue weighted by Crippen LogP contribution is 2.34. The van der Waals surface area contributed by atoms with Gasteiger partial charge in [-0.2, -0.15) is 8.42 Å². The number of hydrogen-bond acceptors (Lipinski definition) is 8. The molecule has 0 aliphatic heterocycles. The fourth-order valence-corrected chi connectivity index (χ4v) is 6.55. The van der Waals surface area contributed by atoms with E-state index in [1.807, 2.05) is 0 Å². The zero-order chi connectivity index (χ0) is 26.6. The van der Waals surface area contributed by atoms with Crippen LogP contribution in [0.3, 0.4) is 0 Å². The van der Waals surface area contributed by atoms with E-state index < -0.39 is 42.5 Å². The highest BCUT2D eigenvalue weighted by molar-refractivity contribution is 9.10. The maximum Gasteiger partial charge on any atom is 0.343 e. The Labute approximate surface area is 215 Å². The lowest BCUT2D eigenvalue weighted by molar-refractivity contribution is 0.477. The van der Waals surface area contributed by atoms with E-state index in [0.717, 1.165) is 11.1 Å². The summed E-state index contributed by atoms with van der Waals surface area (Å²) in [5.74, 6) is -0.611. The van der Waals surface area contributed by atoms with Crippen LogP contribution in [-0.2, 0) is 20.1 Å². The molecule has 188 valence electrons. The summed E-state index contributed by atoms with van der Waals surface area (Å²) >= 11 is 3.21. The van der Waals surface area contributed by atoms with Gasteiger partial charge < -0.3 is 8.60 Å². The molecule has 0 aliphatic carbocycles. The van der Waals surface area contributed by atoms with Gasteiger partial charge in [-0.05, 0) is 67.9 Å². The molecule has 2 aromatic heterocycles. The Kier molecular flexibility index (Phi) is 6.48. The minimum atomic E-state index is -4.50. The largest absolute Gasteiger partial charge is 0.421 e. The van der Waals surface area contributed by atoms with Crippen molar-refractivity contribution in [3.05, 3.63) is 96.2 Å². The molecule has 12 heteroatoms. The summed E-state index contributed by atoms with van der Waals surface area (Å²) in [6.45, 7) is 6.12. The van der Waals surface area contributed by atoms with Crippen LogP contribution in [-0.4, -0.2) is 20.8 Å². The van der Waals surface area contributed by atoms with Gasteiger partial charge in [-0.15, -0.1) is 0 Å². The standard InChI is InChI=1S/C24H20BrNO8S2/c1-13-5-9-17(10-6-13)35(29,30)26-16(4)20(25)22-19(23(26)27)21(15(3)24(28)33-22)34-36(31,32)18-11-7-14(2)8-12-18/h5-12H,1-4H3. The molecule has 0 amide bonds. The van der Waals surface area contributed by atoms with Crippen LogP contribution in [0.2, 0.25) is 0 Å². The zero-order valence-electron chi connectivity index (χ0n) is 19.5. The van der Waals surface area contributed by atoms with E-state index in [2.05, 4.69) is 15.9 Å². The fourth-order valence-electron chi connectivity index (χ4n) is 3.53. The molecule has 4 aromatic rings. The Morgan fingerprint density at radius 3 is 1.83 bits per heavy atom. The van der Waals surface area contributed by atoms with Crippen molar-refractivity contribution in [3.8, 4) is 5.75 Å². The van der Waals surface area contributed by atoms with Gasteiger partial charge in [0.1, 0.15) is 10.3 Å². The Morgan fingerprint density at radius 1 is 0.806 bits per heavy atom. The summed E-state index contributed by atoms with van der Waals surface area (Å²) < 4.78 is 64.1. The van der Waals surface area contributed by atoms with Crippen molar-refractivity contribution < 1.29 is 25.4 Å². The lowest BCUT2D eigenvalue weighted by atomic mass is 10.2. The lowest BCUT2D eigenvalue weighted by Gasteiger charge is -2.16. The van der Waals surface area contributed by atoms with Gasteiger partial charge in [0.15, 0.2) is 11.3 Å². The van der Waals surface area contributed by atoms with Crippen LogP contribution in [0.1, 0.15) is 22.4 Å². The molecular weight excluding hydrogens is 574 g/mol. The van der Waals surface area contributed by atoms with Crippen molar-refractivity contribution in [2.75, 3.05) is 0 Å². The molecule has 0 unspecified atom stereocenters. The van der Waals surface area contributed by atoms with E-state index in [9.17, 15) is 26.4 Å². The van der Waals surface area contributed by atoms with E-state index >= 15 is 0 Å². The summed E-state index contributed by atoms with van der Waals surface area (Å²) in [5, 5.41) is -0.518. The molecule has 0 aliphatic rings. The molecule has 0 bridgehead atoms. The number of nitrogens with zero attached hydrogens (tertiary/aromatic N) is 1. The molecule has 0 saturated carbocycles. The first-order valence-corrected chi connectivity index (χ1v) is 14.1. The van der Waals surface area contributed by atoms with Crippen molar-refractivity contribution >= 4 is 47.0 Å². The summed E-state index contributed by atoms with van der Waals surface area (Å²) in [4.78, 5) is 25.8. The molecular formula is C24H20BrNO8S2. The van der Waals surface area contributed by atoms with Gasteiger partial charge in [-0.1, -0.05) is 35.4 Å². The molecule has 0 N–H and O–H groups in total. The number of halogens is 1. The number of pyridine rings is 1. The zero-order valence-corrected chi connectivity index (χ0v) is 22.7. The summed E-state index contributed by atoms with van der Waals surface area (Å²) in [5.41, 5.74) is -1.19. The third-order valence-corrected chi connectivity index (χ3v) is 9.54. The average molecular weight is 594 g/mol. The Morgan fingerprint density at radius 2 is 1.31 bits per heavy atom. The summed E-state index contributed by atoms with van der Waals surface area (Å²) in [6, 6.07) is 11.6. The summed E-state index contributed by atoms with van der Waals surface area (Å²) in [6.07, 6.45) is 0. The normalized spacial score (nSPS) is 12.1. The van der Waals surface area contributed by atoms with Crippen LogP contribution in [0, 0.1) is 27.7 Å². The van der Waals surface area contributed by atoms with Crippen LogP contribution in [0.25, 0.3) is 11.0 Å². The minimum absolute atomic E-state index is 0.0255. The van der Waals surface area contributed by atoms with Gasteiger partial charge in [0, 0.05) is 0 Å². The van der Waals surface area contributed by atoms with Gasteiger partial charge in [-0.3, -0.25) is 4.79 Å². The van der Waals surface area contributed by atoms with Crippen LogP contribution in [0.4, 0.5) is 0 Å². The van der Waals surface area contributed by atoms with Gasteiger partial charge >= 0.3 is 15.7 Å². The minimum Gasteiger partial charge on any atom is -0.421 e. The third kappa shape index (κ3) is 4.29. The number of aryl methyl sites for hydroxylation is 2. The number of benzene rings is 2. The molecule has 0 atom stereocenters. The van der Waals surface area contributed by atoms with E-state index in [1.54, 1.807) is 38.1 Å². The Balaban J connectivity index is 2.07. The van der Waals surface area contributed by atoms with Crippen LogP contribution >= 0.6 is 15.9 Å². The second-order valence-electron chi connectivity index (χ2n) is 8.19. The van der Waals surface area contributed by atoms with Gasteiger partial charge in [0.25, 0.3) is 15.6 Å². The Bertz CT molecular complexity index is 1850. The van der Waals surface area contributed by atoms with Crippen LogP contribution in [0.15, 0.2) is 76.8 Å². The molecule has 2 heterocycles. The predicted octanol–water partition coefficient (Wildman–Crippen LogP) is 3.96. The second kappa shape index (κ2) is 9.02. The van der Waals surface area contributed by atoms with E-state index in [-0.39, 0.29) is 31.1 Å². The maximum atomic E-state index is 13.7. The topological polar surface area (TPSA) is 130 Å². The number of fused-ring (bicyclic) bond motifs is 1. The molecule has 0 spiro atoms. The number of aromatic nitrogens is 1.